The van der Waals surface area contributed by atoms with E-state index in [0.717, 1.165) is 5.70 Å². The fourth-order valence-electron chi connectivity index (χ4n) is 0.948. The van der Waals surface area contributed by atoms with E-state index in [1.807, 2.05) is 25.2 Å². The Morgan fingerprint density at radius 2 is 2.45 bits per heavy atom. The van der Waals surface area contributed by atoms with E-state index in [-0.39, 0.29) is 0 Å². The van der Waals surface area contributed by atoms with Gasteiger partial charge in [-0.15, -0.1) is 0 Å². The van der Waals surface area contributed by atoms with Crippen molar-refractivity contribution in [2.24, 2.45) is 5.10 Å². The van der Waals surface area contributed by atoms with Crippen molar-refractivity contribution in [1.82, 2.24) is 5.01 Å². The van der Waals surface area contributed by atoms with Crippen molar-refractivity contribution in [2.75, 3.05) is 0 Å². The largest absolute Gasteiger partial charge is 0.243 e. The molecule has 0 atom stereocenters. The minimum absolute atomic E-state index is 0.711. The lowest BCUT2D eigenvalue weighted by molar-refractivity contribution is 0.511. The Morgan fingerprint density at radius 3 is 2.91 bits per heavy atom. The van der Waals surface area contributed by atoms with Gasteiger partial charge in [-0.25, -0.2) is 5.01 Å². The number of hydrogen-bond donors (Lipinski definition) is 0. The Bertz CT molecular complexity index is 251. The van der Waals surface area contributed by atoms with Crippen LogP contribution in [0.3, 0.4) is 0 Å². The number of hydrazone groups is 1. The summed E-state index contributed by atoms with van der Waals surface area (Å²) in [6.07, 6.45) is 7.36. The first-order chi connectivity index (χ1) is 5.29. The number of rotatable bonds is 1. The van der Waals surface area contributed by atoms with E-state index in [1.54, 1.807) is 11.2 Å². The third-order valence-electron chi connectivity index (χ3n) is 1.47. The lowest BCUT2D eigenvalue weighted by Crippen LogP contribution is -2.13. The van der Waals surface area contributed by atoms with Gasteiger partial charge in [-0.2, -0.15) is 5.10 Å². The summed E-state index contributed by atoms with van der Waals surface area (Å²) >= 11 is 0. The maximum absolute atomic E-state index is 5.67. The molecular weight excluding hydrogens is 135 g/mol. The monoisotopic (exact) mass is 144 g/mol. The average Bonchev–Trinajstić information content (AvgIpc) is 2.04. The molecule has 0 aromatic heterocycles. The highest BCUT2D eigenvalue weighted by Gasteiger charge is 2.06. The number of nitrogens with zero attached hydrogens (tertiary/aromatic N) is 2. The topological polar surface area (TPSA) is 15.6 Å². The second-order valence-electron chi connectivity index (χ2n) is 2.12. The summed E-state index contributed by atoms with van der Waals surface area (Å²) in [6, 6.07) is 0. The van der Waals surface area contributed by atoms with Crippen molar-refractivity contribution in [2.45, 2.75) is 6.92 Å². The molecule has 0 unspecified atom stereocenters. The molecule has 0 spiro atoms. The summed E-state index contributed by atoms with van der Waals surface area (Å²) in [4.78, 5) is 0. The van der Waals surface area contributed by atoms with Crippen molar-refractivity contribution < 1.29 is 0 Å². The van der Waals surface area contributed by atoms with Gasteiger partial charge >= 0.3 is 0 Å². The van der Waals surface area contributed by atoms with Crippen LogP contribution in [0.5, 0.6) is 0 Å². The van der Waals surface area contributed by atoms with Gasteiger partial charge in [0.1, 0.15) is 7.85 Å². The molecule has 0 aromatic carbocycles. The first-order valence-electron chi connectivity index (χ1n) is 3.36. The van der Waals surface area contributed by atoms with E-state index >= 15 is 0 Å². The average molecular weight is 144 g/mol. The van der Waals surface area contributed by atoms with Crippen LogP contribution in [-0.2, 0) is 0 Å². The summed E-state index contributed by atoms with van der Waals surface area (Å²) in [5.41, 5.74) is 1.59. The highest BCUT2D eigenvalue weighted by molar-refractivity contribution is 6.24. The fraction of sp³-hybridized carbons (Fsp3) is 0.125. The zero-order valence-electron chi connectivity index (χ0n) is 6.49. The smallest absolute Gasteiger partial charge is 0.116 e. The van der Waals surface area contributed by atoms with Gasteiger partial charge in [0.15, 0.2) is 0 Å². The van der Waals surface area contributed by atoms with Crippen molar-refractivity contribution in [3.05, 3.63) is 35.6 Å². The van der Waals surface area contributed by atoms with E-state index in [0.29, 0.717) is 5.47 Å². The summed E-state index contributed by atoms with van der Waals surface area (Å²) in [5.74, 6) is 0. The standard InChI is InChI=1S/C8H9BN2/c1-3-8-7(9)5-4-6-11(8)10-2/h3-6H,2H2,1H3/b8-3-. The molecule has 0 aromatic rings. The zero-order valence-corrected chi connectivity index (χ0v) is 6.49. The SMILES string of the molecule is [B]C1=CC=CN(N=C)/C1=C\C. The highest BCUT2D eigenvalue weighted by Crippen LogP contribution is 2.17. The molecule has 0 fully saturated rings. The van der Waals surface area contributed by atoms with Crippen LogP contribution in [0.15, 0.2) is 40.7 Å². The van der Waals surface area contributed by atoms with Crippen LogP contribution in [0.1, 0.15) is 6.92 Å². The third-order valence-corrected chi connectivity index (χ3v) is 1.47. The Balaban J connectivity index is 2.97. The van der Waals surface area contributed by atoms with E-state index in [4.69, 9.17) is 7.85 Å². The zero-order chi connectivity index (χ0) is 8.27. The van der Waals surface area contributed by atoms with Gasteiger partial charge in [0.25, 0.3) is 0 Å². The van der Waals surface area contributed by atoms with Crippen LogP contribution in [0, 0.1) is 0 Å². The Morgan fingerprint density at radius 1 is 1.73 bits per heavy atom. The van der Waals surface area contributed by atoms with Crippen molar-refractivity contribution in [3.8, 4) is 0 Å². The van der Waals surface area contributed by atoms with E-state index in [2.05, 4.69) is 11.8 Å². The molecule has 1 aliphatic rings. The Hall–Kier alpha value is -1.25. The second-order valence-corrected chi connectivity index (χ2v) is 2.12. The van der Waals surface area contributed by atoms with Crippen molar-refractivity contribution in [3.63, 3.8) is 0 Å². The Kier molecular flexibility index (Phi) is 2.31. The van der Waals surface area contributed by atoms with Crippen LogP contribution in [0.2, 0.25) is 0 Å². The first-order valence-corrected chi connectivity index (χ1v) is 3.36. The number of hydrogen-bond acceptors (Lipinski definition) is 2. The van der Waals surface area contributed by atoms with Gasteiger partial charge in [0.2, 0.25) is 0 Å². The molecule has 11 heavy (non-hydrogen) atoms. The van der Waals surface area contributed by atoms with Gasteiger partial charge in [-0.1, -0.05) is 17.6 Å². The molecule has 0 bridgehead atoms. The van der Waals surface area contributed by atoms with Crippen molar-refractivity contribution >= 4 is 14.6 Å². The van der Waals surface area contributed by atoms with Gasteiger partial charge in [0, 0.05) is 12.9 Å². The third kappa shape index (κ3) is 1.42. The predicted octanol–water partition coefficient (Wildman–Crippen LogP) is 1.39. The van der Waals surface area contributed by atoms with Crippen LogP contribution in [-0.4, -0.2) is 19.6 Å². The molecule has 1 heterocycles. The van der Waals surface area contributed by atoms with Crippen LogP contribution in [0.4, 0.5) is 0 Å². The molecule has 0 saturated carbocycles. The van der Waals surface area contributed by atoms with Gasteiger partial charge in [0.05, 0.1) is 5.70 Å². The molecule has 2 nitrogen and oxygen atoms in total. The molecule has 1 rings (SSSR count). The highest BCUT2D eigenvalue weighted by atomic mass is 15.4. The van der Waals surface area contributed by atoms with Gasteiger partial charge in [-0.3, -0.25) is 0 Å². The normalized spacial score (nSPS) is 20.3. The molecule has 1 aliphatic heterocycles. The quantitative estimate of drug-likeness (QED) is 0.401. The molecule has 2 radical (unpaired) electrons. The summed E-state index contributed by atoms with van der Waals surface area (Å²) < 4.78 is 0. The maximum atomic E-state index is 5.67. The fourth-order valence-corrected chi connectivity index (χ4v) is 0.948. The predicted molar refractivity (Wildman–Crippen MR) is 48.1 cm³/mol. The summed E-state index contributed by atoms with van der Waals surface area (Å²) in [6.45, 7) is 5.33. The molecular formula is C8H9BN2. The van der Waals surface area contributed by atoms with Crippen LogP contribution >= 0.6 is 0 Å². The van der Waals surface area contributed by atoms with Gasteiger partial charge in [-0.05, 0) is 13.0 Å². The molecule has 0 N–H and O–H groups in total. The molecule has 0 amide bonds. The number of allylic oxidation sites excluding steroid dienone is 4. The lowest BCUT2D eigenvalue weighted by atomic mass is 9.90. The molecule has 0 saturated heterocycles. The minimum Gasteiger partial charge on any atom is -0.243 e. The van der Waals surface area contributed by atoms with E-state index in [1.165, 1.54) is 0 Å². The van der Waals surface area contributed by atoms with Gasteiger partial charge < -0.3 is 0 Å². The summed E-state index contributed by atoms with van der Waals surface area (Å²) in [7, 11) is 5.67. The molecule has 0 aliphatic carbocycles. The lowest BCUT2D eigenvalue weighted by Gasteiger charge is -2.20. The summed E-state index contributed by atoms with van der Waals surface area (Å²) in [5, 5.41) is 5.39. The van der Waals surface area contributed by atoms with Crippen LogP contribution in [0.25, 0.3) is 0 Å². The maximum Gasteiger partial charge on any atom is 0.116 e. The van der Waals surface area contributed by atoms with E-state index < -0.39 is 0 Å². The first kappa shape index (κ1) is 7.86. The van der Waals surface area contributed by atoms with Crippen LogP contribution < -0.4 is 0 Å². The second kappa shape index (κ2) is 3.24. The Labute approximate surface area is 68.0 Å². The molecule has 3 heteroatoms. The molecule has 54 valence electrons. The van der Waals surface area contributed by atoms with Crippen molar-refractivity contribution in [1.29, 1.82) is 0 Å². The van der Waals surface area contributed by atoms with E-state index in [9.17, 15) is 0 Å². The minimum atomic E-state index is 0.711.